The fourth-order valence-corrected chi connectivity index (χ4v) is 1.24. The van der Waals surface area contributed by atoms with Gasteiger partial charge in [0.05, 0.1) is 0 Å². The maximum Gasteiger partial charge on any atom is 0.322 e. The summed E-state index contributed by atoms with van der Waals surface area (Å²) >= 11 is 3.85. The number of nitrogens with one attached hydrogen (secondary N) is 3. The number of carbonyl (C=O) groups excluding carboxylic acids is 2. The molecule has 0 unspecified atom stereocenters. The van der Waals surface area contributed by atoms with Crippen LogP contribution < -0.4 is 21.7 Å². The lowest BCUT2D eigenvalue weighted by Gasteiger charge is -2.16. The first kappa shape index (κ1) is 18.0. The van der Waals surface area contributed by atoms with Crippen LogP contribution in [0.15, 0.2) is 0 Å². The summed E-state index contributed by atoms with van der Waals surface area (Å²) in [5.41, 5.74) is 5.17. The molecule has 0 aromatic rings. The standard InChI is InChI=1S/C9H16N4O6S/c10-4(8(17)18)1-12-9(19)13-5(3-20)7(16)11-2-6(14)15/h4-5,20H,1-3,10H2,(H,11,16)(H,14,15)(H,17,18)(H2,12,13,19)/t4-,5+/m0/s1. The third-order valence-corrected chi connectivity index (χ3v) is 2.38. The van der Waals surface area contributed by atoms with Crippen LogP contribution in [0.3, 0.4) is 0 Å². The SMILES string of the molecule is N[C@@H](CNC(=O)N[C@H](CS)C(=O)NCC(=O)O)C(=O)O. The van der Waals surface area contributed by atoms with Gasteiger partial charge >= 0.3 is 18.0 Å². The van der Waals surface area contributed by atoms with Crippen molar-refractivity contribution in [2.75, 3.05) is 18.8 Å². The molecule has 20 heavy (non-hydrogen) atoms. The number of thiol groups is 1. The van der Waals surface area contributed by atoms with Gasteiger partial charge in [-0.1, -0.05) is 0 Å². The molecule has 10 nitrogen and oxygen atoms in total. The molecule has 0 saturated heterocycles. The molecule has 0 saturated carbocycles. The zero-order valence-corrected chi connectivity index (χ0v) is 11.2. The fraction of sp³-hybridized carbons (Fsp3) is 0.556. The first-order valence-corrected chi connectivity index (χ1v) is 6.04. The average Bonchev–Trinajstić information content (AvgIpc) is 2.38. The third-order valence-electron chi connectivity index (χ3n) is 2.02. The van der Waals surface area contributed by atoms with Gasteiger partial charge in [-0.15, -0.1) is 0 Å². The summed E-state index contributed by atoms with van der Waals surface area (Å²) in [5.74, 6) is -3.30. The van der Waals surface area contributed by atoms with Crippen molar-refractivity contribution in [3.63, 3.8) is 0 Å². The van der Waals surface area contributed by atoms with Gasteiger partial charge in [0.1, 0.15) is 18.6 Å². The quantitative estimate of drug-likeness (QED) is 0.237. The van der Waals surface area contributed by atoms with Gasteiger partial charge in [0.25, 0.3) is 0 Å². The second-order valence-electron chi connectivity index (χ2n) is 3.65. The molecule has 0 aromatic heterocycles. The van der Waals surface area contributed by atoms with Crippen molar-refractivity contribution in [2.24, 2.45) is 5.73 Å². The average molecular weight is 308 g/mol. The van der Waals surface area contributed by atoms with E-state index >= 15 is 0 Å². The second kappa shape index (κ2) is 8.98. The first-order chi connectivity index (χ1) is 9.27. The van der Waals surface area contributed by atoms with Crippen LogP contribution in [0.4, 0.5) is 4.79 Å². The minimum atomic E-state index is -1.28. The molecule has 2 atom stereocenters. The number of hydrogen-bond acceptors (Lipinski definition) is 6. The minimum absolute atomic E-state index is 0.0656. The highest BCUT2D eigenvalue weighted by molar-refractivity contribution is 7.80. The van der Waals surface area contributed by atoms with Crippen molar-refractivity contribution in [1.82, 2.24) is 16.0 Å². The molecule has 7 N–H and O–H groups in total. The molecule has 114 valence electrons. The maximum atomic E-state index is 11.5. The Labute approximate surface area is 119 Å². The number of urea groups is 1. The molecule has 11 heteroatoms. The van der Waals surface area contributed by atoms with Gasteiger partial charge in [-0.05, 0) is 0 Å². The molecule has 0 heterocycles. The molecule has 0 aliphatic rings. The summed E-state index contributed by atoms with van der Waals surface area (Å²) < 4.78 is 0. The Bertz CT molecular complexity index is 391. The van der Waals surface area contributed by atoms with Gasteiger partial charge in [-0.25, -0.2) is 4.79 Å². The molecule has 0 fully saturated rings. The van der Waals surface area contributed by atoms with Crippen molar-refractivity contribution in [1.29, 1.82) is 0 Å². The van der Waals surface area contributed by atoms with Crippen molar-refractivity contribution in [3.8, 4) is 0 Å². The minimum Gasteiger partial charge on any atom is -0.480 e. The van der Waals surface area contributed by atoms with Gasteiger partial charge < -0.3 is 31.9 Å². The van der Waals surface area contributed by atoms with E-state index in [9.17, 15) is 19.2 Å². The van der Waals surface area contributed by atoms with E-state index in [0.717, 1.165) is 0 Å². The van der Waals surface area contributed by atoms with E-state index in [0.29, 0.717) is 0 Å². The van der Waals surface area contributed by atoms with Gasteiger partial charge in [0, 0.05) is 12.3 Å². The summed E-state index contributed by atoms with van der Waals surface area (Å²) in [6.07, 6.45) is 0. The van der Waals surface area contributed by atoms with Crippen molar-refractivity contribution >= 4 is 36.5 Å². The Morgan fingerprint density at radius 3 is 2.20 bits per heavy atom. The van der Waals surface area contributed by atoms with E-state index in [1.54, 1.807) is 0 Å². The zero-order chi connectivity index (χ0) is 15.7. The van der Waals surface area contributed by atoms with Gasteiger partial charge in [0.2, 0.25) is 5.91 Å². The Balaban J connectivity index is 4.21. The summed E-state index contributed by atoms with van der Waals surface area (Å²) in [6.45, 7) is -0.909. The highest BCUT2D eigenvalue weighted by atomic mass is 32.1. The molecular weight excluding hydrogens is 292 g/mol. The molecule has 0 radical (unpaired) electrons. The van der Waals surface area contributed by atoms with E-state index in [1.807, 2.05) is 0 Å². The van der Waals surface area contributed by atoms with E-state index in [1.165, 1.54) is 0 Å². The molecule has 0 aliphatic carbocycles. The fourth-order valence-electron chi connectivity index (χ4n) is 0.979. The summed E-state index contributed by atoms with van der Waals surface area (Å²) in [6, 6.07) is -3.14. The van der Waals surface area contributed by atoms with E-state index in [4.69, 9.17) is 15.9 Å². The number of carboxylic acids is 2. The van der Waals surface area contributed by atoms with Crippen molar-refractivity contribution in [3.05, 3.63) is 0 Å². The Kier molecular flexibility index (Phi) is 8.08. The van der Waals surface area contributed by atoms with Gasteiger partial charge in [-0.3, -0.25) is 14.4 Å². The third kappa shape index (κ3) is 7.43. The Morgan fingerprint density at radius 1 is 1.15 bits per heavy atom. The van der Waals surface area contributed by atoms with Gasteiger partial charge in [0.15, 0.2) is 0 Å². The molecule has 0 aromatic carbocycles. The largest absolute Gasteiger partial charge is 0.480 e. The number of rotatable bonds is 8. The summed E-state index contributed by atoms with van der Waals surface area (Å²) in [5, 5.41) is 23.3. The summed E-state index contributed by atoms with van der Waals surface area (Å²) in [4.78, 5) is 43.6. The summed E-state index contributed by atoms with van der Waals surface area (Å²) in [7, 11) is 0. The number of carbonyl (C=O) groups is 4. The number of carboxylic acid groups (broad SMARTS) is 2. The number of nitrogens with two attached hydrogens (primary N) is 1. The zero-order valence-electron chi connectivity index (χ0n) is 10.3. The van der Waals surface area contributed by atoms with Crippen LogP contribution in [0.5, 0.6) is 0 Å². The van der Waals surface area contributed by atoms with E-state index in [2.05, 4.69) is 28.6 Å². The topological polar surface area (TPSA) is 171 Å². The lowest BCUT2D eigenvalue weighted by molar-refractivity contribution is -0.138. The maximum absolute atomic E-state index is 11.5. The number of aliphatic carboxylic acids is 2. The van der Waals surface area contributed by atoms with Crippen LogP contribution in [-0.2, 0) is 14.4 Å². The van der Waals surface area contributed by atoms with Crippen LogP contribution in [0, 0.1) is 0 Å². The van der Waals surface area contributed by atoms with Crippen molar-refractivity contribution in [2.45, 2.75) is 12.1 Å². The van der Waals surface area contributed by atoms with Crippen LogP contribution >= 0.6 is 12.6 Å². The van der Waals surface area contributed by atoms with Gasteiger partial charge in [-0.2, -0.15) is 12.6 Å². The second-order valence-corrected chi connectivity index (χ2v) is 4.01. The van der Waals surface area contributed by atoms with Crippen LogP contribution in [-0.4, -0.2) is 65.0 Å². The lowest BCUT2D eigenvalue weighted by Crippen LogP contribution is -2.53. The molecule has 0 aliphatic heterocycles. The highest BCUT2D eigenvalue weighted by Gasteiger charge is 2.20. The molecular formula is C9H16N4O6S. The molecule has 0 spiro atoms. The highest BCUT2D eigenvalue weighted by Crippen LogP contribution is 1.89. The van der Waals surface area contributed by atoms with Crippen LogP contribution in [0.2, 0.25) is 0 Å². The first-order valence-electron chi connectivity index (χ1n) is 5.41. The lowest BCUT2D eigenvalue weighted by atomic mass is 10.3. The Hall–Kier alpha value is -2.01. The molecule has 3 amide bonds. The number of amides is 3. The Morgan fingerprint density at radius 2 is 1.75 bits per heavy atom. The number of hydrogen-bond donors (Lipinski definition) is 7. The van der Waals surface area contributed by atoms with E-state index in [-0.39, 0.29) is 12.3 Å². The monoisotopic (exact) mass is 308 g/mol. The molecule has 0 rings (SSSR count). The normalized spacial score (nSPS) is 12.9. The predicted molar refractivity (Wildman–Crippen MR) is 70.4 cm³/mol. The van der Waals surface area contributed by atoms with Crippen LogP contribution in [0.25, 0.3) is 0 Å². The van der Waals surface area contributed by atoms with E-state index < -0.39 is 42.5 Å². The molecule has 0 bridgehead atoms. The van der Waals surface area contributed by atoms with Crippen LogP contribution in [0.1, 0.15) is 0 Å². The van der Waals surface area contributed by atoms with Crippen molar-refractivity contribution < 1.29 is 29.4 Å². The predicted octanol–water partition coefficient (Wildman–Crippen LogP) is -2.80. The smallest absolute Gasteiger partial charge is 0.322 e.